The molecule has 2 atom stereocenters. The summed E-state index contributed by atoms with van der Waals surface area (Å²) in [7, 11) is 0. The summed E-state index contributed by atoms with van der Waals surface area (Å²) < 4.78 is 0. The maximum absolute atomic E-state index is 11.8. The van der Waals surface area contributed by atoms with Crippen LogP contribution in [-0.2, 0) is 6.42 Å². The molecule has 3 rings (SSSR count). The minimum atomic E-state index is -0.142. The Morgan fingerprint density at radius 3 is 3.00 bits per heavy atom. The zero-order valence-corrected chi connectivity index (χ0v) is 13.1. The molecule has 0 radical (unpaired) electrons. The fourth-order valence-electron chi connectivity index (χ4n) is 3.06. The van der Waals surface area contributed by atoms with Crippen molar-refractivity contribution in [1.82, 2.24) is 15.6 Å². The number of aliphatic hydroxyl groups is 1. The average molecular weight is 313 g/mol. The molecule has 2 aromatic rings. The first-order valence-electron chi connectivity index (χ1n) is 8.15. The van der Waals surface area contributed by atoms with E-state index in [1.165, 1.54) is 10.9 Å². The Bertz CT molecular complexity index is 692. The van der Waals surface area contributed by atoms with Crippen molar-refractivity contribution < 1.29 is 9.90 Å². The number of rotatable bonds is 6. The number of para-hydroxylation sites is 1. The van der Waals surface area contributed by atoms with E-state index in [0.29, 0.717) is 6.54 Å². The van der Waals surface area contributed by atoms with E-state index >= 15 is 0 Å². The third kappa shape index (κ3) is 3.93. The molecular weight excluding hydrogens is 290 g/mol. The van der Waals surface area contributed by atoms with Gasteiger partial charge in [-0.15, -0.1) is 0 Å². The van der Waals surface area contributed by atoms with E-state index in [1.807, 2.05) is 30.5 Å². The first kappa shape index (κ1) is 15.6. The second-order valence-corrected chi connectivity index (χ2v) is 6.03. The van der Waals surface area contributed by atoms with Crippen molar-refractivity contribution in [2.24, 2.45) is 5.92 Å². The summed E-state index contributed by atoms with van der Waals surface area (Å²) in [4.78, 5) is 15.1. The van der Waals surface area contributed by atoms with Gasteiger partial charge < -0.3 is 20.7 Å². The number of aliphatic hydroxyl groups excluding tert-OH is 1. The normalized spacial score (nSPS) is 20.0. The second kappa shape index (κ2) is 7.33. The van der Waals surface area contributed by atoms with Crippen molar-refractivity contribution in [2.75, 3.05) is 13.2 Å². The maximum Gasteiger partial charge on any atom is 0.315 e. The zero-order chi connectivity index (χ0) is 16.1. The fourth-order valence-corrected chi connectivity index (χ4v) is 3.06. The van der Waals surface area contributed by atoms with Crippen LogP contribution in [0.5, 0.6) is 0 Å². The lowest BCUT2D eigenvalue weighted by Gasteiger charge is -2.13. The molecular formula is C18H23N3O2. The van der Waals surface area contributed by atoms with Gasteiger partial charge >= 0.3 is 6.03 Å². The molecule has 5 nitrogen and oxygen atoms in total. The minimum Gasteiger partial charge on any atom is -0.396 e. The SMILES string of the molecule is O=C(NCCCc1c[nH]c2ccccc12)N[C@@H]1C=C[C@H](CO)C1. The summed E-state index contributed by atoms with van der Waals surface area (Å²) in [6, 6.07) is 8.14. The molecule has 23 heavy (non-hydrogen) atoms. The van der Waals surface area contributed by atoms with Gasteiger partial charge in [-0.2, -0.15) is 0 Å². The van der Waals surface area contributed by atoms with Crippen molar-refractivity contribution in [3.63, 3.8) is 0 Å². The zero-order valence-electron chi connectivity index (χ0n) is 13.1. The van der Waals surface area contributed by atoms with Gasteiger partial charge in [-0.1, -0.05) is 30.4 Å². The third-order valence-electron chi connectivity index (χ3n) is 4.31. The molecule has 1 heterocycles. The highest BCUT2D eigenvalue weighted by atomic mass is 16.3. The van der Waals surface area contributed by atoms with Crippen LogP contribution in [0.25, 0.3) is 10.9 Å². The molecule has 0 aliphatic heterocycles. The van der Waals surface area contributed by atoms with Crippen LogP contribution in [0.2, 0.25) is 0 Å². The van der Waals surface area contributed by atoms with Crippen LogP contribution in [-0.4, -0.2) is 35.3 Å². The average Bonchev–Trinajstić information content (AvgIpc) is 3.18. The number of nitrogens with one attached hydrogen (secondary N) is 3. The number of hydrogen-bond donors (Lipinski definition) is 4. The smallest absolute Gasteiger partial charge is 0.315 e. The predicted octanol–water partition coefficient (Wildman–Crippen LogP) is 2.34. The van der Waals surface area contributed by atoms with Gasteiger partial charge in [-0.05, 0) is 30.9 Å². The molecule has 0 spiro atoms. The number of H-pyrrole nitrogens is 1. The molecule has 0 saturated carbocycles. The van der Waals surface area contributed by atoms with Crippen molar-refractivity contribution in [3.8, 4) is 0 Å². The highest BCUT2D eigenvalue weighted by molar-refractivity contribution is 5.83. The van der Waals surface area contributed by atoms with E-state index in [2.05, 4.69) is 27.8 Å². The Labute approximate surface area is 135 Å². The lowest BCUT2D eigenvalue weighted by Crippen LogP contribution is -2.41. The predicted molar refractivity (Wildman–Crippen MR) is 91.3 cm³/mol. The Balaban J connectivity index is 1.38. The molecule has 4 N–H and O–H groups in total. The summed E-state index contributed by atoms with van der Waals surface area (Å²) >= 11 is 0. The van der Waals surface area contributed by atoms with E-state index < -0.39 is 0 Å². The topological polar surface area (TPSA) is 77.2 Å². The highest BCUT2D eigenvalue weighted by Gasteiger charge is 2.19. The molecule has 1 aromatic heterocycles. The number of fused-ring (bicyclic) bond motifs is 1. The summed E-state index contributed by atoms with van der Waals surface area (Å²) in [6.07, 6.45) is 8.56. The standard InChI is InChI=1S/C18H23N3O2/c22-12-13-7-8-15(10-13)21-18(23)19-9-3-4-14-11-20-17-6-2-1-5-16(14)17/h1-2,5-8,11,13,15,20,22H,3-4,9-10,12H2,(H2,19,21,23)/t13-,15+/m0/s1. The van der Waals surface area contributed by atoms with Crippen LogP contribution in [0.1, 0.15) is 18.4 Å². The van der Waals surface area contributed by atoms with E-state index in [9.17, 15) is 4.79 Å². The first-order valence-corrected chi connectivity index (χ1v) is 8.15. The van der Waals surface area contributed by atoms with Gasteiger partial charge in [-0.25, -0.2) is 4.79 Å². The Hall–Kier alpha value is -2.27. The summed E-state index contributed by atoms with van der Waals surface area (Å²) in [6.45, 7) is 0.784. The van der Waals surface area contributed by atoms with Crippen LogP contribution in [0.15, 0.2) is 42.6 Å². The van der Waals surface area contributed by atoms with E-state index in [1.54, 1.807) is 0 Å². The molecule has 0 saturated heterocycles. The molecule has 1 aliphatic rings. The summed E-state index contributed by atoms with van der Waals surface area (Å²) in [5, 5.41) is 16.1. The quantitative estimate of drug-likeness (QED) is 0.488. The number of carbonyl (C=O) groups excluding carboxylic acids is 1. The van der Waals surface area contributed by atoms with E-state index in [0.717, 1.165) is 24.8 Å². The van der Waals surface area contributed by atoms with Gasteiger partial charge in [0, 0.05) is 42.2 Å². The van der Waals surface area contributed by atoms with Gasteiger partial charge in [0.15, 0.2) is 0 Å². The number of benzene rings is 1. The van der Waals surface area contributed by atoms with Gasteiger partial charge in [-0.3, -0.25) is 0 Å². The maximum atomic E-state index is 11.8. The Morgan fingerprint density at radius 2 is 2.17 bits per heavy atom. The Kier molecular flexibility index (Phi) is 4.98. The number of aryl methyl sites for hydroxylation is 1. The molecule has 0 bridgehead atoms. The van der Waals surface area contributed by atoms with Gasteiger partial charge in [0.1, 0.15) is 0 Å². The second-order valence-electron chi connectivity index (χ2n) is 6.03. The van der Waals surface area contributed by atoms with Crippen molar-refractivity contribution in [2.45, 2.75) is 25.3 Å². The van der Waals surface area contributed by atoms with Crippen LogP contribution in [0, 0.1) is 5.92 Å². The van der Waals surface area contributed by atoms with E-state index in [4.69, 9.17) is 5.11 Å². The van der Waals surface area contributed by atoms with Crippen LogP contribution >= 0.6 is 0 Å². The van der Waals surface area contributed by atoms with Crippen LogP contribution < -0.4 is 10.6 Å². The minimum absolute atomic E-state index is 0.0285. The number of carbonyl (C=O) groups is 1. The van der Waals surface area contributed by atoms with E-state index in [-0.39, 0.29) is 24.6 Å². The van der Waals surface area contributed by atoms with Crippen molar-refractivity contribution >= 4 is 16.9 Å². The number of aromatic amines is 1. The van der Waals surface area contributed by atoms with Gasteiger partial charge in [0.2, 0.25) is 0 Å². The molecule has 122 valence electrons. The van der Waals surface area contributed by atoms with Crippen molar-refractivity contribution in [1.29, 1.82) is 0 Å². The van der Waals surface area contributed by atoms with Crippen molar-refractivity contribution in [3.05, 3.63) is 48.2 Å². The van der Waals surface area contributed by atoms with Crippen LogP contribution in [0.4, 0.5) is 4.79 Å². The molecule has 1 aromatic carbocycles. The molecule has 2 amide bonds. The Morgan fingerprint density at radius 1 is 1.30 bits per heavy atom. The third-order valence-corrected chi connectivity index (χ3v) is 4.31. The number of urea groups is 1. The molecule has 0 fully saturated rings. The largest absolute Gasteiger partial charge is 0.396 e. The number of hydrogen-bond acceptors (Lipinski definition) is 2. The fraction of sp³-hybridized carbons (Fsp3) is 0.389. The summed E-state index contributed by atoms with van der Waals surface area (Å²) in [5.74, 6) is 0.169. The molecule has 5 heteroatoms. The summed E-state index contributed by atoms with van der Waals surface area (Å²) in [5.41, 5.74) is 2.44. The first-order chi connectivity index (χ1) is 11.3. The van der Waals surface area contributed by atoms with Gasteiger partial charge in [0.05, 0.1) is 0 Å². The monoisotopic (exact) mass is 313 g/mol. The van der Waals surface area contributed by atoms with Crippen LogP contribution in [0.3, 0.4) is 0 Å². The van der Waals surface area contributed by atoms with Gasteiger partial charge in [0.25, 0.3) is 0 Å². The molecule has 0 unspecified atom stereocenters. The number of aromatic nitrogens is 1. The lowest BCUT2D eigenvalue weighted by atomic mass is 10.1. The lowest BCUT2D eigenvalue weighted by molar-refractivity contribution is 0.231. The molecule has 1 aliphatic carbocycles. The highest BCUT2D eigenvalue weighted by Crippen LogP contribution is 2.19. The number of amides is 2.